The number of furan rings is 1. The molecule has 1 saturated heterocycles. The number of carbonyl (C=O) groups excluding carboxylic acids is 1. The van der Waals surface area contributed by atoms with E-state index < -0.39 is 0 Å². The lowest BCUT2D eigenvalue weighted by molar-refractivity contribution is -0.129. The van der Waals surface area contributed by atoms with Crippen LogP contribution in [0.25, 0.3) is 0 Å². The Balaban J connectivity index is 1.73. The minimum Gasteiger partial charge on any atom is -0.465 e. The quantitative estimate of drug-likeness (QED) is 0.888. The Labute approximate surface area is 108 Å². The summed E-state index contributed by atoms with van der Waals surface area (Å²) in [6, 6.07) is 4.57. The first-order chi connectivity index (χ1) is 8.69. The van der Waals surface area contributed by atoms with E-state index in [1.54, 1.807) is 6.92 Å². The number of rotatable bonds is 4. The molecule has 1 N–H and O–H groups in total. The van der Waals surface area contributed by atoms with Crippen molar-refractivity contribution < 1.29 is 9.21 Å². The molecule has 100 valence electrons. The summed E-state index contributed by atoms with van der Waals surface area (Å²) >= 11 is 0. The summed E-state index contributed by atoms with van der Waals surface area (Å²) in [5, 5.41) is 3.50. The van der Waals surface area contributed by atoms with E-state index >= 15 is 0 Å². The molecule has 2 rings (SSSR count). The van der Waals surface area contributed by atoms with E-state index in [4.69, 9.17) is 4.42 Å². The highest BCUT2D eigenvalue weighted by molar-refractivity contribution is 5.73. The molecule has 1 aliphatic heterocycles. The summed E-state index contributed by atoms with van der Waals surface area (Å²) in [5.74, 6) is 2.23. The Bertz CT molecular complexity index is 392. The van der Waals surface area contributed by atoms with Gasteiger partial charge in [-0.25, -0.2) is 0 Å². The zero-order chi connectivity index (χ0) is 13.0. The molecule has 0 aromatic carbocycles. The minimum absolute atomic E-state index is 0.187. The first kappa shape index (κ1) is 13.1. The Morgan fingerprint density at radius 1 is 1.39 bits per heavy atom. The Hall–Kier alpha value is -1.29. The lowest BCUT2D eigenvalue weighted by Gasteiger charge is -2.31. The van der Waals surface area contributed by atoms with Crippen LogP contribution in [0.1, 0.15) is 38.2 Å². The number of piperidine rings is 1. The molecule has 0 aliphatic carbocycles. The van der Waals surface area contributed by atoms with Crippen LogP contribution in [0, 0.1) is 0 Å². The number of nitrogens with one attached hydrogen (secondary N) is 1. The van der Waals surface area contributed by atoms with Crippen LogP contribution in [-0.4, -0.2) is 29.9 Å². The van der Waals surface area contributed by atoms with Gasteiger partial charge in [-0.2, -0.15) is 0 Å². The number of likely N-dealkylation sites (tertiary alicyclic amines) is 1. The van der Waals surface area contributed by atoms with Crippen LogP contribution >= 0.6 is 0 Å². The van der Waals surface area contributed by atoms with E-state index in [2.05, 4.69) is 12.2 Å². The predicted octanol–water partition coefficient (Wildman–Crippen LogP) is 1.94. The molecule has 0 unspecified atom stereocenters. The van der Waals surface area contributed by atoms with E-state index in [1.165, 1.54) is 0 Å². The Morgan fingerprint density at radius 2 is 2.06 bits per heavy atom. The standard InChI is InChI=1S/C14H22N2O2/c1-3-13-4-5-14(18-13)10-15-12-6-8-16(9-7-12)11(2)17/h4-5,12,15H,3,6-10H2,1-2H3. The van der Waals surface area contributed by atoms with Gasteiger partial charge in [0.1, 0.15) is 11.5 Å². The summed E-state index contributed by atoms with van der Waals surface area (Å²) in [6.07, 6.45) is 3.00. The molecule has 0 bridgehead atoms. The minimum atomic E-state index is 0.187. The third kappa shape index (κ3) is 3.35. The molecule has 4 nitrogen and oxygen atoms in total. The highest BCUT2D eigenvalue weighted by Crippen LogP contribution is 2.13. The molecule has 0 atom stereocenters. The highest BCUT2D eigenvalue weighted by Gasteiger charge is 2.20. The molecule has 0 radical (unpaired) electrons. The molecule has 1 fully saturated rings. The number of hydrogen-bond donors (Lipinski definition) is 1. The average molecular weight is 250 g/mol. The zero-order valence-corrected chi connectivity index (χ0v) is 11.2. The molecular formula is C14H22N2O2. The number of nitrogens with zero attached hydrogens (tertiary/aromatic N) is 1. The van der Waals surface area contributed by atoms with Crippen molar-refractivity contribution in [3.8, 4) is 0 Å². The fraction of sp³-hybridized carbons (Fsp3) is 0.643. The van der Waals surface area contributed by atoms with Crippen molar-refractivity contribution in [3.63, 3.8) is 0 Å². The van der Waals surface area contributed by atoms with Crippen LogP contribution in [0.4, 0.5) is 0 Å². The van der Waals surface area contributed by atoms with Gasteiger partial charge in [-0.05, 0) is 25.0 Å². The first-order valence-electron chi connectivity index (χ1n) is 6.75. The summed E-state index contributed by atoms with van der Waals surface area (Å²) in [4.78, 5) is 13.1. The van der Waals surface area contributed by atoms with Crippen LogP contribution in [0.15, 0.2) is 16.5 Å². The molecule has 1 aliphatic rings. The topological polar surface area (TPSA) is 45.5 Å². The zero-order valence-electron chi connectivity index (χ0n) is 11.2. The molecule has 0 spiro atoms. The van der Waals surface area contributed by atoms with Crippen molar-refractivity contribution in [2.45, 2.75) is 45.7 Å². The van der Waals surface area contributed by atoms with E-state index in [0.717, 1.165) is 50.4 Å². The summed E-state index contributed by atoms with van der Waals surface area (Å²) in [7, 11) is 0. The summed E-state index contributed by atoms with van der Waals surface area (Å²) in [5.41, 5.74) is 0. The molecule has 1 amide bonds. The van der Waals surface area contributed by atoms with Crippen molar-refractivity contribution in [2.24, 2.45) is 0 Å². The molecule has 2 heterocycles. The summed E-state index contributed by atoms with van der Waals surface area (Å²) < 4.78 is 5.66. The average Bonchev–Trinajstić information content (AvgIpc) is 2.85. The number of carbonyl (C=O) groups is 1. The lowest BCUT2D eigenvalue weighted by atomic mass is 10.1. The number of hydrogen-bond acceptors (Lipinski definition) is 3. The van der Waals surface area contributed by atoms with Crippen molar-refractivity contribution in [3.05, 3.63) is 23.7 Å². The van der Waals surface area contributed by atoms with E-state index in [9.17, 15) is 4.79 Å². The van der Waals surface area contributed by atoms with Gasteiger partial charge in [0.25, 0.3) is 0 Å². The van der Waals surface area contributed by atoms with Crippen LogP contribution in [0.2, 0.25) is 0 Å². The van der Waals surface area contributed by atoms with Gasteiger partial charge < -0.3 is 14.6 Å². The summed E-state index contributed by atoms with van der Waals surface area (Å²) in [6.45, 7) is 6.25. The lowest BCUT2D eigenvalue weighted by Crippen LogP contribution is -2.43. The van der Waals surface area contributed by atoms with Crippen LogP contribution in [-0.2, 0) is 17.8 Å². The molecule has 1 aromatic rings. The second kappa shape index (κ2) is 6.05. The largest absolute Gasteiger partial charge is 0.465 e. The van der Waals surface area contributed by atoms with Crippen LogP contribution < -0.4 is 5.32 Å². The maximum atomic E-state index is 11.2. The van der Waals surface area contributed by atoms with Gasteiger partial charge in [0.15, 0.2) is 0 Å². The van der Waals surface area contributed by atoms with Crippen LogP contribution in [0.5, 0.6) is 0 Å². The molecule has 0 saturated carbocycles. The fourth-order valence-electron chi connectivity index (χ4n) is 2.35. The van der Waals surface area contributed by atoms with E-state index in [1.807, 2.05) is 17.0 Å². The Morgan fingerprint density at radius 3 is 2.61 bits per heavy atom. The predicted molar refractivity (Wildman–Crippen MR) is 70.2 cm³/mol. The van der Waals surface area contributed by atoms with Gasteiger partial charge in [-0.1, -0.05) is 6.92 Å². The maximum absolute atomic E-state index is 11.2. The van der Waals surface area contributed by atoms with Gasteiger partial charge in [0, 0.05) is 32.5 Å². The molecule has 18 heavy (non-hydrogen) atoms. The van der Waals surface area contributed by atoms with Gasteiger partial charge in [-0.3, -0.25) is 4.79 Å². The Kier molecular flexibility index (Phi) is 4.42. The van der Waals surface area contributed by atoms with Gasteiger partial charge in [0.2, 0.25) is 5.91 Å². The van der Waals surface area contributed by atoms with Gasteiger partial charge >= 0.3 is 0 Å². The number of amides is 1. The third-order valence-electron chi connectivity index (χ3n) is 3.57. The molecule has 4 heteroatoms. The van der Waals surface area contributed by atoms with E-state index in [-0.39, 0.29) is 5.91 Å². The van der Waals surface area contributed by atoms with Gasteiger partial charge in [0.05, 0.1) is 6.54 Å². The number of aryl methyl sites for hydroxylation is 1. The van der Waals surface area contributed by atoms with Crippen molar-refractivity contribution in [1.29, 1.82) is 0 Å². The van der Waals surface area contributed by atoms with E-state index in [0.29, 0.717) is 6.04 Å². The third-order valence-corrected chi connectivity index (χ3v) is 3.57. The van der Waals surface area contributed by atoms with Crippen molar-refractivity contribution >= 4 is 5.91 Å². The van der Waals surface area contributed by atoms with Crippen LogP contribution in [0.3, 0.4) is 0 Å². The second-order valence-electron chi connectivity index (χ2n) is 4.88. The monoisotopic (exact) mass is 250 g/mol. The first-order valence-corrected chi connectivity index (χ1v) is 6.75. The highest BCUT2D eigenvalue weighted by atomic mass is 16.3. The molecule has 1 aromatic heterocycles. The maximum Gasteiger partial charge on any atom is 0.219 e. The van der Waals surface area contributed by atoms with Crippen molar-refractivity contribution in [1.82, 2.24) is 10.2 Å². The SMILES string of the molecule is CCc1ccc(CNC2CCN(C(C)=O)CC2)o1. The second-order valence-corrected chi connectivity index (χ2v) is 4.88. The van der Waals surface area contributed by atoms with Gasteiger partial charge in [-0.15, -0.1) is 0 Å². The smallest absolute Gasteiger partial charge is 0.219 e. The normalized spacial score (nSPS) is 17.1. The molecular weight excluding hydrogens is 228 g/mol. The fourth-order valence-corrected chi connectivity index (χ4v) is 2.35. The van der Waals surface area contributed by atoms with Crippen molar-refractivity contribution in [2.75, 3.05) is 13.1 Å².